The van der Waals surface area contributed by atoms with Gasteiger partial charge in [0.1, 0.15) is 0 Å². The first kappa shape index (κ1) is 20.1. The number of morpholine rings is 1. The fourth-order valence-electron chi connectivity index (χ4n) is 3.38. The van der Waals surface area contributed by atoms with Crippen LogP contribution in [0.1, 0.15) is 11.1 Å². The van der Waals surface area contributed by atoms with E-state index in [2.05, 4.69) is 4.90 Å². The topological polar surface area (TPSA) is 93.0 Å². The van der Waals surface area contributed by atoms with Crippen molar-refractivity contribution < 1.29 is 19.2 Å². The molecule has 9 heteroatoms. The van der Waals surface area contributed by atoms with Crippen molar-refractivity contribution in [3.8, 4) is 0 Å². The molecule has 8 nitrogen and oxygen atoms in total. The maximum Gasteiger partial charge on any atom is 0.293 e. The highest BCUT2D eigenvalue weighted by Crippen LogP contribution is 2.34. The Morgan fingerprint density at radius 3 is 2.47 bits per heavy atom. The predicted molar refractivity (Wildman–Crippen MR) is 114 cm³/mol. The Morgan fingerprint density at radius 1 is 1.07 bits per heavy atom. The van der Waals surface area contributed by atoms with Crippen molar-refractivity contribution in [2.45, 2.75) is 6.54 Å². The molecule has 0 aliphatic carbocycles. The van der Waals surface area contributed by atoms with E-state index in [1.165, 1.54) is 6.07 Å². The van der Waals surface area contributed by atoms with E-state index in [1.807, 2.05) is 24.3 Å². The number of para-hydroxylation sites is 1. The maximum atomic E-state index is 12.7. The van der Waals surface area contributed by atoms with Crippen LogP contribution in [0, 0.1) is 10.1 Å². The Labute approximate surface area is 177 Å². The zero-order valence-electron chi connectivity index (χ0n) is 16.0. The summed E-state index contributed by atoms with van der Waals surface area (Å²) in [5.41, 5.74) is 2.10. The Bertz CT molecular complexity index is 1020. The molecule has 0 spiro atoms. The minimum Gasteiger partial charge on any atom is -0.378 e. The van der Waals surface area contributed by atoms with Gasteiger partial charge in [0.2, 0.25) is 0 Å². The van der Waals surface area contributed by atoms with Crippen molar-refractivity contribution in [3.05, 3.63) is 74.7 Å². The van der Waals surface area contributed by atoms with Crippen LogP contribution in [-0.4, -0.2) is 47.3 Å². The molecule has 0 atom stereocenters. The van der Waals surface area contributed by atoms with Crippen molar-refractivity contribution >= 4 is 40.4 Å². The highest BCUT2D eigenvalue weighted by Gasteiger charge is 2.36. The standard InChI is InChI=1S/C21H19N3O5S/c25-20-19(13-15-5-7-17(8-6-15)22-9-11-29-12-10-22)30-21(26)23(20)14-16-3-1-2-4-18(16)24(27)28/h1-8,13H,9-12,14H2. The van der Waals surface area contributed by atoms with Crippen LogP contribution < -0.4 is 4.90 Å². The highest BCUT2D eigenvalue weighted by atomic mass is 32.2. The summed E-state index contributed by atoms with van der Waals surface area (Å²) in [6, 6.07) is 13.9. The fourth-order valence-corrected chi connectivity index (χ4v) is 4.22. The third-order valence-electron chi connectivity index (χ3n) is 4.96. The molecule has 2 fully saturated rings. The summed E-state index contributed by atoms with van der Waals surface area (Å²) in [4.78, 5) is 39.4. The van der Waals surface area contributed by atoms with E-state index in [4.69, 9.17) is 4.74 Å². The highest BCUT2D eigenvalue weighted by molar-refractivity contribution is 8.18. The summed E-state index contributed by atoms with van der Waals surface area (Å²) in [6.45, 7) is 2.95. The van der Waals surface area contributed by atoms with E-state index in [1.54, 1.807) is 24.3 Å². The smallest absolute Gasteiger partial charge is 0.293 e. The Hall–Kier alpha value is -3.17. The number of benzene rings is 2. The molecule has 2 saturated heterocycles. The molecule has 154 valence electrons. The molecule has 2 heterocycles. The number of carbonyl (C=O) groups is 2. The maximum absolute atomic E-state index is 12.7. The number of rotatable bonds is 5. The van der Waals surface area contributed by atoms with Crippen molar-refractivity contribution in [3.63, 3.8) is 0 Å². The zero-order chi connectivity index (χ0) is 21.1. The minimum atomic E-state index is -0.514. The van der Waals surface area contributed by atoms with Crippen LogP contribution >= 0.6 is 11.8 Å². The lowest BCUT2D eigenvalue weighted by Crippen LogP contribution is -2.36. The second-order valence-corrected chi connectivity index (χ2v) is 7.84. The number of amides is 2. The Balaban J connectivity index is 1.50. The zero-order valence-corrected chi connectivity index (χ0v) is 16.8. The lowest BCUT2D eigenvalue weighted by molar-refractivity contribution is -0.385. The van der Waals surface area contributed by atoms with Crippen LogP contribution in [0.15, 0.2) is 53.4 Å². The van der Waals surface area contributed by atoms with E-state index in [-0.39, 0.29) is 12.2 Å². The summed E-state index contributed by atoms with van der Waals surface area (Å²) in [7, 11) is 0. The molecule has 0 unspecified atom stereocenters. The SMILES string of the molecule is O=C1SC(=Cc2ccc(N3CCOCC3)cc2)C(=O)N1Cc1ccccc1[N+](=O)[O-]. The van der Waals surface area contributed by atoms with Gasteiger partial charge >= 0.3 is 0 Å². The molecule has 2 aliphatic rings. The molecule has 30 heavy (non-hydrogen) atoms. The fraction of sp³-hybridized carbons (Fsp3) is 0.238. The number of hydrogen-bond acceptors (Lipinski definition) is 7. The Kier molecular flexibility index (Phi) is 5.82. The molecule has 0 aromatic heterocycles. The van der Waals surface area contributed by atoms with Gasteiger partial charge in [-0.2, -0.15) is 0 Å². The molecule has 0 radical (unpaired) electrons. The van der Waals surface area contributed by atoms with Gasteiger partial charge in [-0.05, 0) is 35.5 Å². The van der Waals surface area contributed by atoms with Crippen molar-refractivity contribution in [2.24, 2.45) is 0 Å². The van der Waals surface area contributed by atoms with Gasteiger partial charge in [0.25, 0.3) is 16.8 Å². The van der Waals surface area contributed by atoms with Gasteiger partial charge in [-0.3, -0.25) is 24.6 Å². The van der Waals surface area contributed by atoms with Crippen LogP contribution in [0.5, 0.6) is 0 Å². The lowest BCUT2D eigenvalue weighted by Gasteiger charge is -2.28. The quantitative estimate of drug-likeness (QED) is 0.410. The first-order chi connectivity index (χ1) is 14.5. The van der Waals surface area contributed by atoms with Gasteiger partial charge in [-0.25, -0.2) is 0 Å². The van der Waals surface area contributed by atoms with Gasteiger partial charge < -0.3 is 9.64 Å². The molecular weight excluding hydrogens is 406 g/mol. The normalized spacial score (nSPS) is 18.3. The molecule has 2 aliphatic heterocycles. The van der Waals surface area contributed by atoms with Crippen LogP contribution in [0.3, 0.4) is 0 Å². The van der Waals surface area contributed by atoms with E-state index in [9.17, 15) is 19.7 Å². The number of ether oxygens (including phenoxy) is 1. The van der Waals surface area contributed by atoms with Crippen molar-refractivity contribution in [1.29, 1.82) is 0 Å². The average molecular weight is 425 g/mol. The number of nitro groups is 1. The first-order valence-corrected chi connectivity index (χ1v) is 10.2. The van der Waals surface area contributed by atoms with Crippen LogP contribution in [0.4, 0.5) is 16.2 Å². The summed E-state index contributed by atoms with van der Waals surface area (Å²) >= 11 is 0.844. The van der Waals surface area contributed by atoms with E-state index in [0.717, 1.165) is 41.0 Å². The molecule has 4 rings (SSSR count). The second-order valence-electron chi connectivity index (χ2n) is 6.84. The Morgan fingerprint density at radius 2 is 1.77 bits per heavy atom. The number of carbonyl (C=O) groups excluding carboxylic acids is 2. The molecule has 2 aromatic rings. The van der Waals surface area contributed by atoms with E-state index >= 15 is 0 Å². The third-order valence-corrected chi connectivity index (χ3v) is 5.86. The molecule has 0 N–H and O–H groups in total. The molecule has 0 saturated carbocycles. The largest absolute Gasteiger partial charge is 0.378 e. The van der Waals surface area contributed by atoms with Crippen molar-refractivity contribution in [1.82, 2.24) is 4.90 Å². The van der Waals surface area contributed by atoms with Gasteiger partial charge in [0, 0.05) is 30.4 Å². The van der Waals surface area contributed by atoms with E-state index < -0.39 is 16.1 Å². The van der Waals surface area contributed by atoms with E-state index in [0.29, 0.717) is 23.7 Å². The summed E-state index contributed by atoms with van der Waals surface area (Å²) < 4.78 is 5.36. The lowest BCUT2D eigenvalue weighted by atomic mass is 10.1. The van der Waals surface area contributed by atoms with Gasteiger partial charge in [0.15, 0.2) is 0 Å². The summed E-state index contributed by atoms with van der Waals surface area (Å²) in [6.07, 6.45) is 1.67. The summed E-state index contributed by atoms with van der Waals surface area (Å²) in [5.74, 6) is -0.444. The number of nitro benzene ring substituents is 1. The first-order valence-electron chi connectivity index (χ1n) is 9.43. The van der Waals surface area contributed by atoms with Gasteiger partial charge in [-0.15, -0.1) is 0 Å². The number of imide groups is 1. The number of thioether (sulfide) groups is 1. The monoisotopic (exact) mass is 425 g/mol. The van der Waals surface area contributed by atoms with Crippen LogP contribution in [0.25, 0.3) is 6.08 Å². The van der Waals surface area contributed by atoms with Crippen molar-refractivity contribution in [2.75, 3.05) is 31.2 Å². The van der Waals surface area contributed by atoms with Gasteiger partial charge in [0.05, 0.1) is 29.6 Å². The predicted octanol–water partition coefficient (Wildman–Crippen LogP) is 3.67. The van der Waals surface area contributed by atoms with Crippen LogP contribution in [-0.2, 0) is 16.1 Å². The molecule has 0 bridgehead atoms. The molecule has 2 amide bonds. The average Bonchev–Trinajstić information content (AvgIpc) is 3.02. The second kappa shape index (κ2) is 8.68. The number of hydrogen-bond donors (Lipinski definition) is 0. The van der Waals surface area contributed by atoms with Crippen LogP contribution in [0.2, 0.25) is 0 Å². The summed E-state index contributed by atoms with van der Waals surface area (Å²) in [5, 5.41) is 10.8. The third kappa shape index (κ3) is 4.22. The molecular formula is C21H19N3O5S. The number of anilines is 1. The molecule has 2 aromatic carbocycles. The minimum absolute atomic E-state index is 0.112. The van der Waals surface area contributed by atoms with Gasteiger partial charge in [-0.1, -0.05) is 30.3 Å². The number of nitrogens with zero attached hydrogens (tertiary/aromatic N) is 3.